The maximum Gasteiger partial charge on any atom is 0.329 e. The van der Waals surface area contributed by atoms with E-state index in [4.69, 9.17) is 9.47 Å². The Bertz CT molecular complexity index is 1180. The number of hydrogen-bond donors (Lipinski definition) is 1. The first-order valence-electron chi connectivity index (χ1n) is 9.98. The van der Waals surface area contributed by atoms with Crippen LogP contribution in [0.5, 0.6) is 11.5 Å². The SMILES string of the molecule is COc1cc(/C=C2/NC(=O)N(Cc3ccccc3)C2=O)ccc1OCc1ccccc1F. The van der Waals surface area contributed by atoms with E-state index in [2.05, 4.69) is 5.32 Å². The summed E-state index contributed by atoms with van der Waals surface area (Å²) in [6, 6.07) is 20.3. The standard InChI is InChI=1S/C25H21FN2O4/c1-31-23-14-18(11-12-22(23)32-16-19-9-5-6-10-20(19)26)13-21-24(29)28(25(30)27-21)15-17-7-3-2-4-8-17/h2-14H,15-16H2,1H3,(H,27,30)/b21-13+. The van der Waals surface area contributed by atoms with Gasteiger partial charge in [0.1, 0.15) is 18.1 Å². The highest BCUT2D eigenvalue weighted by Crippen LogP contribution is 2.30. The Morgan fingerprint density at radius 1 is 0.969 bits per heavy atom. The van der Waals surface area contributed by atoms with Gasteiger partial charge in [0.15, 0.2) is 11.5 Å². The second-order valence-corrected chi connectivity index (χ2v) is 7.16. The minimum atomic E-state index is -0.470. The Morgan fingerprint density at radius 2 is 1.72 bits per heavy atom. The zero-order chi connectivity index (χ0) is 22.5. The molecule has 6 nitrogen and oxygen atoms in total. The van der Waals surface area contributed by atoms with E-state index in [9.17, 15) is 14.0 Å². The second-order valence-electron chi connectivity index (χ2n) is 7.16. The van der Waals surface area contributed by atoms with Gasteiger partial charge in [-0.25, -0.2) is 9.18 Å². The summed E-state index contributed by atoms with van der Waals surface area (Å²) in [4.78, 5) is 26.2. The highest BCUT2D eigenvalue weighted by atomic mass is 19.1. The van der Waals surface area contributed by atoms with Gasteiger partial charge >= 0.3 is 6.03 Å². The third kappa shape index (κ3) is 4.62. The van der Waals surface area contributed by atoms with E-state index in [1.807, 2.05) is 30.3 Å². The molecule has 32 heavy (non-hydrogen) atoms. The summed E-state index contributed by atoms with van der Waals surface area (Å²) in [7, 11) is 1.49. The molecule has 1 saturated heterocycles. The van der Waals surface area contributed by atoms with Gasteiger partial charge in [-0.15, -0.1) is 0 Å². The van der Waals surface area contributed by atoms with Crippen LogP contribution in [-0.4, -0.2) is 23.9 Å². The molecule has 3 amide bonds. The molecule has 1 N–H and O–H groups in total. The Kier molecular flexibility index (Phi) is 6.17. The average Bonchev–Trinajstić information content (AvgIpc) is 3.07. The van der Waals surface area contributed by atoms with Crippen molar-refractivity contribution in [1.82, 2.24) is 10.2 Å². The number of halogens is 1. The van der Waals surface area contributed by atoms with E-state index in [0.29, 0.717) is 22.6 Å². The fourth-order valence-electron chi connectivity index (χ4n) is 3.31. The normalized spacial score (nSPS) is 14.6. The van der Waals surface area contributed by atoms with E-state index in [-0.39, 0.29) is 24.7 Å². The highest BCUT2D eigenvalue weighted by molar-refractivity contribution is 6.13. The lowest BCUT2D eigenvalue weighted by molar-refractivity contribution is -0.123. The van der Waals surface area contributed by atoms with Gasteiger partial charge in [-0.05, 0) is 35.4 Å². The van der Waals surface area contributed by atoms with Crippen LogP contribution < -0.4 is 14.8 Å². The minimum absolute atomic E-state index is 0.0481. The molecule has 0 unspecified atom stereocenters. The number of urea groups is 1. The van der Waals surface area contributed by atoms with Gasteiger partial charge in [-0.1, -0.05) is 54.6 Å². The number of methoxy groups -OCH3 is 1. The van der Waals surface area contributed by atoms with Gasteiger partial charge < -0.3 is 14.8 Å². The summed E-state index contributed by atoms with van der Waals surface area (Å²) < 4.78 is 24.9. The van der Waals surface area contributed by atoms with Crippen LogP contribution in [0.4, 0.5) is 9.18 Å². The number of rotatable bonds is 7. The fraction of sp³-hybridized carbons (Fsp3) is 0.120. The van der Waals surface area contributed by atoms with Gasteiger partial charge in [0, 0.05) is 5.56 Å². The zero-order valence-corrected chi connectivity index (χ0v) is 17.4. The largest absolute Gasteiger partial charge is 0.493 e. The maximum absolute atomic E-state index is 13.8. The first kappa shape index (κ1) is 21.1. The number of amides is 3. The topological polar surface area (TPSA) is 67.9 Å². The van der Waals surface area contributed by atoms with Crippen molar-refractivity contribution in [3.63, 3.8) is 0 Å². The summed E-state index contributed by atoms with van der Waals surface area (Å²) in [6.45, 7) is 0.238. The Hall–Kier alpha value is -4.13. The van der Waals surface area contributed by atoms with Crippen molar-refractivity contribution >= 4 is 18.0 Å². The third-order valence-electron chi connectivity index (χ3n) is 4.99. The van der Waals surface area contributed by atoms with E-state index >= 15 is 0 Å². The van der Waals surface area contributed by atoms with Crippen LogP contribution in [0.25, 0.3) is 6.08 Å². The number of imide groups is 1. The average molecular weight is 432 g/mol. The number of benzene rings is 3. The summed E-state index contributed by atoms with van der Waals surface area (Å²) in [5.74, 6) is 0.111. The molecule has 0 aliphatic carbocycles. The van der Waals surface area contributed by atoms with Crippen LogP contribution in [0.1, 0.15) is 16.7 Å². The van der Waals surface area contributed by atoms with Gasteiger partial charge in [0.25, 0.3) is 5.91 Å². The molecule has 1 heterocycles. The van der Waals surface area contributed by atoms with Crippen molar-refractivity contribution in [3.8, 4) is 11.5 Å². The molecule has 0 spiro atoms. The lowest BCUT2D eigenvalue weighted by Crippen LogP contribution is -2.30. The lowest BCUT2D eigenvalue weighted by atomic mass is 10.1. The van der Waals surface area contributed by atoms with E-state index in [1.54, 1.807) is 42.5 Å². The lowest BCUT2D eigenvalue weighted by Gasteiger charge is -2.12. The van der Waals surface area contributed by atoms with Crippen LogP contribution >= 0.6 is 0 Å². The van der Waals surface area contributed by atoms with Crippen molar-refractivity contribution in [2.75, 3.05) is 7.11 Å². The van der Waals surface area contributed by atoms with Crippen LogP contribution in [0, 0.1) is 5.82 Å². The number of carbonyl (C=O) groups is 2. The second kappa shape index (κ2) is 9.34. The molecule has 162 valence electrons. The molecule has 0 atom stereocenters. The molecule has 0 radical (unpaired) electrons. The number of carbonyl (C=O) groups excluding carboxylic acids is 2. The van der Waals surface area contributed by atoms with Gasteiger partial charge in [-0.3, -0.25) is 9.69 Å². The molecule has 1 aliphatic heterocycles. The highest BCUT2D eigenvalue weighted by Gasteiger charge is 2.33. The minimum Gasteiger partial charge on any atom is -0.493 e. The molecule has 0 aromatic heterocycles. The Labute approximate surface area is 184 Å². The molecule has 1 aliphatic rings. The molecule has 1 fully saturated rings. The molecular weight excluding hydrogens is 411 g/mol. The number of nitrogens with one attached hydrogen (secondary N) is 1. The maximum atomic E-state index is 13.8. The van der Waals surface area contributed by atoms with Crippen molar-refractivity contribution in [2.45, 2.75) is 13.2 Å². The molecule has 0 bridgehead atoms. The van der Waals surface area contributed by atoms with Crippen LogP contribution in [0.15, 0.2) is 78.5 Å². The summed E-state index contributed by atoms with van der Waals surface area (Å²) in [5, 5.41) is 2.61. The van der Waals surface area contributed by atoms with Crippen LogP contribution in [0.2, 0.25) is 0 Å². The molecule has 4 rings (SSSR count). The monoisotopic (exact) mass is 432 g/mol. The van der Waals surface area contributed by atoms with Crippen molar-refractivity contribution in [2.24, 2.45) is 0 Å². The Morgan fingerprint density at radius 3 is 2.47 bits per heavy atom. The predicted molar refractivity (Wildman–Crippen MR) is 117 cm³/mol. The first-order valence-corrected chi connectivity index (χ1v) is 9.98. The van der Waals surface area contributed by atoms with Crippen molar-refractivity contribution in [3.05, 3.63) is 101 Å². The summed E-state index contributed by atoms with van der Waals surface area (Å²) in [6.07, 6.45) is 1.58. The number of ether oxygens (including phenoxy) is 2. The molecule has 0 saturated carbocycles. The summed E-state index contributed by atoms with van der Waals surface area (Å²) >= 11 is 0. The van der Waals surface area contributed by atoms with Gasteiger partial charge in [0.2, 0.25) is 0 Å². The smallest absolute Gasteiger partial charge is 0.329 e. The van der Waals surface area contributed by atoms with Crippen molar-refractivity contribution < 1.29 is 23.5 Å². The van der Waals surface area contributed by atoms with Crippen LogP contribution in [0.3, 0.4) is 0 Å². The van der Waals surface area contributed by atoms with E-state index < -0.39 is 11.9 Å². The first-order chi connectivity index (χ1) is 15.5. The quantitative estimate of drug-likeness (QED) is 0.441. The predicted octanol–water partition coefficient (Wildman–Crippen LogP) is 4.51. The molecule has 3 aromatic rings. The van der Waals surface area contributed by atoms with E-state index in [1.165, 1.54) is 13.2 Å². The van der Waals surface area contributed by atoms with Crippen LogP contribution in [-0.2, 0) is 17.9 Å². The number of hydrogen-bond acceptors (Lipinski definition) is 4. The van der Waals surface area contributed by atoms with Gasteiger partial charge in [0.05, 0.1) is 13.7 Å². The zero-order valence-electron chi connectivity index (χ0n) is 17.4. The van der Waals surface area contributed by atoms with Crippen molar-refractivity contribution in [1.29, 1.82) is 0 Å². The van der Waals surface area contributed by atoms with Gasteiger partial charge in [-0.2, -0.15) is 0 Å². The molecular formula is C25H21FN2O4. The van der Waals surface area contributed by atoms with E-state index in [0.717, 1.165) is 10.5 Å². The summed E-state index contributed by atoms with van der Waals surface area (Å²) in [5.41, 5.74) is 2.10. The third-order valence-corrected chi connectivity index (χ3v) is 4.99. The molecule has 7 heteroatoms. The molecule has 3 aromatic carbocycles. The Balaban J connectivity index is 1.49. The fourth-order valence-corrected chi connectivity index (χ4v) is 3.31. The number of nitrogens with zero attached hydrogens (tertiary/aromatic N) is 1.